The average molecular weight is 193 g/mol. The van der Waals surface area contributed by atoms with Crippen LogP contribution in [0.3, 0.4) is 0 Å². The maximum Gasteiger partial charge on any atom is 0.404 e. The third-order valence-electron chi connectivity index (χ3n) is 1.59. The molecule has 0 spiro atoms. The van der Waals surface area contributed by atoms with E-state index < -0.39 is 18.5 Å². The molecule has 0 bridgehead atoms. The number of thiol groups is 1. The lowest BCUT2D eigenvalue weighted by molar-refractivity contribution is -0.149. The Morgan fingerprint density at radius 2 is 2.42 bits per heavy atom. The topological polar surface area (TPSA) is 81.8 Å². The van der Waals surface area contributed by atoms with Crippen LogP contribution in [0, 0.1) is 0 Å². The van der Waals surface area contributed by atoms with Crippen molar-refractivity contribution in [2.45, 2.75) is 24.1 Å². The van der Waals surface area contributed by atoms with Gasteiger partial charge in [0.15, 0.2) is 6.29 Å². The van der Waals surface area contributed by atoms with Gasteiger partial charge in [0.05, 0.1) is 11.9 Å². The van der Waals surface area contributed by atoms with Gasteiger partial charge in [0, 0.05) is 6.42 Å². The van der Waals surface area contributed by atoms with Crippen LogP contribution >= 0.6 is 12.6 Å². The van der Waals surface area contributed by atoms with Crippen LogP contribution in [0.4, 0.5) is 4.79 Å². The number of nitrogens with two attached hydrogens (primary N) is 1. The fourth-order valence-electron chi connectivity index (χ4n) is 1.02. The van der Waals surface area contributed by atoms with E-state index in [1.54, 1.807) is 0 Å². The first-order chi connectivity index (χ1) is 5.59. The summed E-state index contributed by atoms with van der Waals surface area (Å²) < 4.78 is 9.55. The molecule has 0 aromatic rings. The molecule has 0 unspecified atom stereocenters. The van der Waals surface area contributed by atoms with E-state index in [4.69, 9.17) is 20.3 Å². The minimum atomic E-state index is -0.891. The predicted octanol–water partition coefficient (Wildman–Crippen LogP) is -0.513. The molecule has 6 heteroatoms. The molecule has 12 heavy (non-hydrogen) atoms. The first kappa shape index (κ1) is 9.63. The molecule has 5 nitrogen and oxygen atoms in total. The third-order valence-corrected chi connectivity index (χ3v) is 2.07. The highest BCUT2D eigenvalue weighted by Crippen LogP contribution is 2.19. The molecule has 3 N–H and O–H groups in total. The van der Waals surface area contributed by atoms with Crippen LogP contribution in [0.5, 0.6) is 0 Å². The normalized spacial score (nSPS) is 36.0. The highest BCUT2D eigenvalue weighted by molar-refractivity contribution is 7.81. The predicted molar refractivity (Wildman–Crippen MR) is 43.8 cm³/mol. The summed E-state index contributed by atoms with van der Waals surface area (Å²) in [7, 11) is 0. The molecule has 0 aromatic carbocycles. The van der Waals surface area contributed by atoms with Gasteiger partial charge in [0.25, 0.3) is 0 Å². The van der Waals surface area contributed by atoms with Crippen molar-refractivity contribution in [2.75, 3.05) is 6.61 Å². The van der Waals surface area contributed by atoms with Crippen LogP contribution in [0.1, 0.15) is 6.42 Å². The summed E-state index contributed by atoms with van der Waals surface area (Å²) in [4.78, 5) is 10.4. The van der Waals surface area contributed by atoms with Crippen LogP contribution in [0.2, 0.25) is 0 Å². The summed E-state index contributed by atoms with van der Waals surface area (Å²) in [6, 6.07) is 0. The molecule has 1 aliphatic rings. The zero-order valence-electron chi connectivity index (χ0n) is 6.34. The van der Waals surface area contributed by atoms with Gasteiger partial charge in [-0.25, -0.2) is 4.79 Å². The second-order valence-corrected chi connectivity index (χ2v) is 3.23. The monoisotopic (exact) mass is 193 g/mol. The molecule has 0 aromatic heterocycles. The maximum absolute atomic E-state index is 10.4. The van der Waals surface area contributed by atoms with Gasteiger partial charge in [-0.2, -0.15) is 12.6 Å². The number of carbonyl (C=O) groups is 1. The second-order valence-electron chi connectivity index (χ2n) is 2.57. The Labute approximate surface area is 75.2 Å². The fourth-order valence-corrected chi connectivity index (χ4v) is 1.29. The van der Waals surface area contributed by atoms with Gasteiger partial charge in [-0.1, -0.05) is 0 Å². The highest BCUT2D eigenvalue weighted by Gasteiger charge is 2.30. The van der Waals surface area contributed by atoms with Crippen molar-refractivity contribution in [2.24, 2.45) is 5.73 Å². The third kappa shape index (κ3) is 2.54. The quantitative estimate of drug-likeness (QED) is 0.490. The van der Waals surface area contributed by atoms with E-state index in [1.807, 2.05) is 0 Å². The number of carbonyl (C=O) groups excluding carboxylic acids is 1. The molecule has 3 atom stereocenters. The van der Waals surface area contributed by atoms with Gasteiger partial charge < -0.3 is 20.3 Å². The molecule has 1 saturated heterocycles. The van der Waals surface area contributed by atoms with E-state index >= 15 is 0 Å². The highest BCUT2D eigenvalue weighted by atomic mass is 32.1. The maximum atomic E-state index is 10.4. The van der Waals surface area contributed by atoms with E-state index in [2.05, 4.69) is 12.6 Å². The molecular formula is C6H11NO4S. The SMILES string of the molecule is NC(=O)O[C@H]1C[C@H](O)OC[C@H]1S. The van der Waals surface area contributed by atoms with Gasteiger partial charge in [0.1, 0.15) is 6.10 Å². The molecule has 0 aliphatic carbocycles. The Hall–Kier alpha value is -0.460. The van der Waals surface area contributed by atoms with Crippen LogP contribution in [0.25, 0.3) is 0 Å². The summed E-state index contributed by atoms with van der Waals surface area (Å²) in [5, 5.41) is 8.80. The van der Waals surface area contributed by atoms with Crippen molar-refractivity contribution in [3.05, 3.63) is 0 Å². The fraction of sp³-hybridized carbons (Fsp3) is 0.833. The number of primary amides is 1. The van der Waals surface area contributed by atoms with Crippen molar-refractivity contribution in [1.29, 1.82) is 0 Å². The van der Waals surface area contributed by atoms with Crippen molar-refractivity contribution < 1.29 is 19.4 Å². The molecule has 1 heterocycles. The first-order valence-corrected chi connectivity index (χ1v) is 4.05. The van der Waals surface area contributed by atoms with Crippen molar-refractivity contribution in [3.63, 3.8) is 0 Å². The Kier molecular flexibility index (Phi) is 3.19. The van der Waals surface area contributed by atoms with Crippen molar-refractivity contribution in [1.82, 2.24) is 0 Å². The summed E-state index contributed by atoms with van der Waals surface area (Å²) in [5.74, 6) is 0. The van der Waals surface area contributed by atoms with E-state index in [-0.39, 0.29) is 18.3 Å². The summed E-state index contributed by atoms with van der Waals surface area (Å²) in [6.07, 6.45) is -1.99. The zero-order valence-corrected chi connectivity index (χ0v) is 7.24. The summed E-state index contributed by atoms with van der Waals surface area (Å²) in [5.41, 5.74) is 4.81. The molecule has 70 valence electrons. The summed E-state index contributed by atoms with van der Waals surface area (Å²) >= 11 is 4.10. The molecule has 1 fully saturated rings. The van der Waals surface area contributed by atoms with Crippen LogP contribution in [-0.4, -0.2) is 35.5 Å². The molecule has 0 saturated carbocycles. The minimum absolute atomic E-state index is 0.219. The lowest BCUT2D eigenvalue weighted by atomic mass is 10.1. The minimum Gasteiger partial charge on any atom is -0.445 e. The first-order valence-electron chi connectivity index (χ1n) is 3.53. The largest absolute Gasteiger partial charge is 0.445 e. The van der Waals surface area contributed by atoms with Gasteiger partial charge in [-0.3, -0.25) is 0 Å². The molecule has 1 aliphatic heterocycles. The van der Waals surface area contributed by atoms with Crippen LogP contribution in [-0.2, 0) is 9.47 Å². The number of aliphatic hydroxyl groups is 1. The molecular weight excluding hydrogens is 182 g/mol. The van der Waals surface area contributed by atoms with Gasteiger partial charge >= 0.3 is 6.09 Å². The van der Waals surface area contributed by atoms with Crippen LogP contribution < -0.4 is 5.73 Å². The number of amides is 1. The second kappa shape index (κ2) is 3.97. The standard InChI is InChI=1S/C6H11NO4S/c7-6(9)11-3-1-5(8)10-2-4(3)12/h3-5,8,12H,1-2H2,(H2,7,9)/t3-,4+,5+/m0/s1. The average Bonchev–Trinajstić information content (AvgIpc) is 1.96. The Balaban J connectivity index is 2.43. The van der Waals surface area contributed by atoms with E-state index in [9.17, 15) is 4.79 Å². The smallest absolute Gasteiger partial charge is 0.404 e. The van der Waals surface area contributed by atoms with Gasteiger partial charge in [-0.05, 0) is 0 Å². The molecule has 1 amide bonds. The number of rotatable bonds is 1. The number of hydrogen-bond donors (Lipinski definition) is 3. The Morgan fingerprint density at radius 3 is 3.00 bits per heavy atom. The Morgan fingerprint density at radius 1 is 1.75 bits per heavy atom. The lowest BCUT2D eigenvalue weighted by Gasteiger charge is -2.30. The van der Waals surface area contributed by atoms with E-state index in [1.165, 1.54) is 0 Å². The van der Waals surface area contributed by atoms with Gasteiger partial charge in [0.2, 0.25) is 0 Å². The summed E-state index contributed by atoms with van der Waals surface area (Å²) in [6.45, 7) is 0.252. The van der Waals surface area contributed by atoms with Gasteiger partial charge in [-0.15, -0.1) is 0 Å². The number of aliphatic hydroxyl groups excluding tert-OH is 1. The molecule has 0 radical (unpaired) electrons. The van der Waals surface area contributed by atoms with Crippen molar-refractivity contribution >= 4 is 18.7 Å². The van der Waals surface area contributed by atoms with Crippen molar-refractivity contribution in [3.8, 4) is 0 Å². The van der Waals surface area contributed by atoms with E-state index in [0.29, 0.717) is 0 Å². The number of hydrogen-bond acceptors (Lipinski definition) is 5. The Bertz CT molecular complexity index is 177. The zero-order chi connectivity index (χ0) is 9.14. The lowest BCUT2D eigenvalue weighted by Crippen LogP contribution is -2.41. The molecule has 1 rings (SSSR count). The van der Waals surface area contributed by atoms with Crippen LogP contribution in [0.15, 0.2) is 0 Å². The van der Waals surface area contributed by atoms with E-state index in [0.717, 1.165) is 0 Å². The number of ether oxygens (including phenoxy) is 2.